The maximum absolute atomic E-state index is 10.8. The molecule has 0 aliphatic carbocycles. The second-order valence-corrected chi connectivity index (χ2v) is 5.42. The van der Waals surface area contributed by atoms with E-state index >= 15 is 0 Å². The molecule has 0 aromatic heterocycles. The highest BCUT2D eigenvalue weighted by Gasteiger charge is 2.04. The van der Waals surface area contributed by atoms with E-state index < -0.39 is 10.3 Å². The largest absolute Gasteiger partial charge is 0.381 e. The summed E-state index contributed by atoms with van der Waals surface area (Å²) < 4.78 is 26.1. The number of benzene rings is 2. The minimum atomic E-state index is -3.99. The quantitative estimate of drug-likeness (QED) is 0.875. The lowest BCUT2D eigenvalue weighted by atomic mass is 10.2. The summed E-state index contributed by atoms with van der Waals surface area (Å²) in [7, 11) is -3.99. The van der Waals surface area contributed by atoms with Crippen LogP contribution in [0.15, 0.2) is 48.5 Å². The molecule has 0 saturated carbocycles. The molecule has 0 atom stereocenters. The number of nitrogens with two attached hydrogens (primary N) is 1. The van der Waals surface area contributed by atoms with Crippen molar-refractivity contribution in [2.45, 2.75) is 6.54 Å². The molecular formula is C14H13N3O3S. The molecule has 2 rings (SSSR count). The first kappa shape index (κ1) is 14.8. The van der Waals surface area contributed by atoms with Crippen molar-refractivity contribution in [1.82, 2.24) is 0 Å². The van der Waals surface area contributed by atoms with E-state index in [1.807, 2.05) is 12.1 Å². The first-order valence-corrected chi connectivity index (χ1v) is 7.48. The predicted octanol–water partition coefficient (Wildman–Crippen LogP) is 1.75. The summed E-state index contributed by atoms with van der Waals surface area (Å²) in [6.07, 6.45) is 0. The molecule has 7 heteroatoms. The van der Waals surface area contributed by atoms with Gasteiger partial charge in [-0.2, -0.15) is 18.8 Å². The van der Waals surface area contributed by atoms with Crippen molar-refractivity contribution >= 4 is 16.0 Å². The van der Waals surface area contributed by atoms with Crippen molar-refractivity contribution in [1.29, 1.82) is 5.26 Å². The first-order valence-electron chi connectivity index (χ1n) is 6.01. The number of anilines is 1. The van der Waals surface area contributed by atoms with Gasteiger partial charge in [-0.25, -0.2) is 0 Å². The van der Waals surface area contributed by atoms with Gasteiger partial charge in [0.1, 0.15) is 5.75 Å². The Kier molecular flexibility index (Phi) is 4.42. The highest BCUT2D eigenvalue weighted by atomic mass is 32.2. The number of hydrogen-bond acceptors (Lipinski definition) is 5. The Morgan fingerprint density at radius 2 is 1.71 bits per heavy atom. The van der Waals surface area contributed by atoms with Gasteiger partial charge in [-0.3, -0.25) is 0 Å². The fraction of sp³-hybridized carbons (Fsp3) is 0.0714. The van der Waals surface area contributed by atoms with Crippen LogP contribution in [0.25, 0.3) is 0 Å². The molecule has 0 unspecified atom stereocenters. The van der Waals surface area contributed by atoms with Crippen molar-refractivity contribution in [2.75, 3.05) is 5.32 Å². The van der Waals surface area contributed by atoms with Crippen LogP contribution < -0.4 is 14.6 Å². The minimum absolute atomic E-state index is 0.166. The topological polar surface area (TPSA) is 105 Å². The lowest BCUT2D eigenvalue weighted by molar-refractivity contribution is 0.487. The van der Waals surface area contributed by atoms with Crippen molar-refractivity contribution in [3.8, 4) is 11.8 Å². The third kappa shape index (κ3) is 4.80. The zero-order valence-electron chi connectivity index (χ0n) is 11.0. The van der Waals surface area contributed by atoms with Crippen LogP contribution in [-0.4, -0.2) is 8.42 Å². The van der Waals surface area contributed by atoms with Gasteiger partial charge in [0.05, 0.1) is 11.6 Å². The van der Waals surface area contributed by atoms with Crippen LogP contribution in [0.5, 0.6) is 5.75 Å². The van der Waals surface area contributed by atoms with Gasteiger partial charge in [-0.1, -0.05) is 12.1 Å². The molecule has 0 amide bonds. The smallest absolute Gasteiger partial charge is 0.380 e. The molecule has 2 aromatic rings. The third-order valence-corrected chi connectivity index (χ3v) is 3.07. The second kappa shape index (κ2) is 6.26. The Balaban J connectivity index is 1.95. The zero-order chi connectivity index (χ0) is 15.3. The Morgan fingerprint density at radius 1 is 1.10 bits per heavy atom. The molecule has 0 bridgehead atoms. The molecule has 0 fully saturated rings. The van der Waals surface area contributed by atoms with E-state index in [9.17, 15) is 8.42 Å². The molecule has 0 aliphatic heterocycles. The van der Waals surface area contributed by atoms with Crippen molar-refractivity contribution < 1.29 is 12.6 Å². The van der Waals surface area contributed by atoms with E-state index in [1.54, 1.807) is 24.3 Å². The van der Waals surface area contributed by atoms with Gasteiger partial charge < -0.3 is 9.50 Å². The molecule has 6 nitrogen and oxygen atoms in total. The van der Waals surface area contributed by atoms with Gasteiger partial charge in [0.15, 0.2) is 0 Å². The average Bonchev–Trinajstić information content (AvgIpc) is 2.45. The van der Waals surface area contributed by atoms with E-state index in [0.717, 1.165) is 11.3 Å². The first-order chi connectivity index (χ1) is 9.96. The van der Waals surface area contributed by atoms with Gasteiger partial charge in [0, 0.05) is 12.2 Å². The fourth-order valence-electron chi connectivity index (χ4n) is 1.66. The summed E-state index contributed by atoms with van der Waals surface area (Å²) in [6, 6.07) is 15.7. The van der Waals surface area contributed by atoms with E-state index in [1.165, 1.54) is 12.1 Å². The minimum Gasteiger partial charge on any atom is -0.381 e. The molecule has 3 N–H and O–H groups in total. The SMILES string of the molecule is N#Cc1ccc(NCc2ccc(OS(N)(=O)=O)cc2)cc1. The van der Waals surface area contributed by atoms with Crippen molar-refractivity contribution in [3.63, 3.8) is 0 Å². The molecule has 0 saturated heterocycles. The molecular weight excluding hydrogens is 290 g/mol. The molecule has 0 aliphatic rings. The predicted molar refractivity (Wildman–Crippen MR) is 78.7 cm³/mol. The van der Waals surface area contributed by atoms with E-state index in [0.29, 0.717) is 12.1 Å². The van der Waals surface area contributed by atoms with Gasteiger partial charge >= 0.3 is 10.3 Å². The lowest BCUT2D eigenvalue weighted by Gasteiger charge is -2.07. The van der Waals surface area contributed by atoms with Gasteiger partial charge in [-0.05, 0) is 42.0 Å². The summed E-state index contributed by atoms with van der Waals surface area (Å²) in [6.45, 7) is 0.557. The highest BCUT2D eigenvalue weighted by molar-refractivity contribution is 7.84. The Labute approximate surface area is 123 Å². The van der Waals surface area contributed by atoms with Crippen LogP contribution in [-0.2, 0) is 16.8 Å². The van der Waals surface area contributed by atoms with Crippen LogP contribution in [0.2, 0.25) is 0 Å². The van der Waals surface area contributed by atoms with Gasteiger partial charge in [-0.15, -0.1) is 0 Å². The maximum Gasteiger partial charge on any atom is 0.380 e. The zero-order valence-corrected chi connectivity index (χ0v) is 11.8. The summed E-state index contributed by atoms with van der Waals surface area (Å²) in [5, 5.41) is 16.7. The van der Waals surface area contributed by atoms with E-state index in [4.69, 9.17) is 10.4 Å². The van der Waals surface area contributed by atoms with Gasteiger partial charge in [0.25, 0.3) is 0 Å². The van der Waals surface area contributed by atoms with Crippen LogP contribution >= 0.6 is 0 Å². The van der Waals surface area contributed by atoms with Crippen LogP contribution in [0, 0.1) is 11.3 Å². The number of nitrogens with one attached hydrogen (secondary N) is 1. The molecule has 108 valence electrons. The second-order valence-electron chi connectivity index (χ2n) is 4.26. The molecule has 0 radical (unpaired) electrons. The van der Waals surface area contributed by atoms with Crippen LogP contribution in [0.3, 0.4) is 0 Å². The summed E-state index contributed by atoms with van der Waals surface area (Å²) in [5.41, 5.74) is 2.44. The number of hydrogen-bond donors (Lipinski definition) is 2. The fourth-order valence-corrected chi connectivity index (χ4v) is 2.04. The maximum atomic E-state index is 10.8. The van der Waals surface area contributed by atoms with Crippen LogP contribution in [0.1, 0.15) is 11.1 Å². The standard InChI is InChI=1S/C14H13N3O3S/c15-9-11-1-5-13(6-2-11)17-10-12-3-7-14(8-4-12)20-21(16,18)19/h1-8,17H,10H2,(H2,16,18,19). The number of nitriles is 1. The van der Waals surface area contributed by atoms with E-state index in [-0.39, 0.29) is 5.75 Å². The highest BCUT2D eigenvalue weighted by Crippen LogP contribution is 2.15. The summed E-state index contributed by atoms with van der Waals surface area (Å²) in [4.78, 5) is 0. The van der Waals surface area contributed by atoms with Crippen molar-refractivity contribution in [2.24, 2.45) is 5.14 Å². The Morgan fingerprint density at radius 3 is 2.24 bits per heavy atom. The molecule has 0 spiro atoms. The van der Waals surface area contributed by atoms with Crippen molar-refractivity contribution in [3.05, 3.63) is 59.7 Å². The molecule has 2 aromatic carbocycles. The van der Waals surface area contributed by atoms with Crippen LogP contribution in [0.4, 0.5) is 5.69 Å². The third-order valence-electron chi connectivity index (χ3n) is 2.65. The number of nitrogens with zero attached hydrogens (tertiary/aromatic N) is 1. The normalized spacial score (nSPS) is 10.7. The average molecular weight is 303 g/mol. The Bertz CT molecular complexity index is 748. The molecule has 21 heavy (non-hydrogen) atoms. The Hall–Kier alpha value is -2.56. The van der Waals surface area contributed by atoms with Gasteiger partial charge in [0.2, 0.25) is 0 Å². The monoisotopic (exact) mass is 303 g/mol. The summed E-state index contributed by atoms with van der Waals surface area (Å²) in [5.74, 6) is 0.166. The number of rotatable bonds is 5. The summed E-state index contributed by atoms with van der Waals surface area (Å²) >= 11 is 0. The molecule has 0 heterocycles. The lowest BCUT2D eigenvalue weighted by Crippen LogP contribution is -2.18. The van der Waals surface area contributed by atoms with E-state index in [2.05, 4.69) is 15.6 Å².